The van der Waals surface area contributed by atoms with Gasteiger partial charge in [-0.05, 0) is 24.3 Å². The Kier molecular flexibility index (Phi) is 5.77. The number of aromatic nitrogens is 2. The quantitative estimate of drug-likeness (QED) is 0.497. The minimum absolute atomic E-state index is 0.276. The van der Waals surface area contributed by atoms with E-state index in [9.17, 15) is 4.79 Å². The second-order valence-corrected chi connectivity index (χ2v) is 6.30. The number of nitrogens with one attached hydrogen (secondary N) is 2. The molecule has 0 aliphatic heterocycles. The van der Waals surface area contributed by atoms with Crippen LogP contribution in [0.3, 0.4) is 0 Å². The van der Waals surface area contributed by atoms with Crippen LogP contribution in [0.1, 0.15) is 15.4 Å². The highest BCUT2D eigenvalue weighted by molar-refractivity contribution is 7.17. The molecule has 7 nitrogen and oxygen atoms in total. The summed E-state index contributed by atoms with van der Waals surface area (Å²) in [4.78, 5) is 20.7. The van der Waals surface area contributed by atoms with Crippen LogP contribution in [0.5, 0.6) is 5.75 Å². The van der Waals surface area contributed by atoms with Crippen molar-refractivity contribution < 1.29 is 9.53 Å². The van der Waals surface area contributed by atoms with Crippen molar-refractivity contribution in [2.75, 3.05) is 12.4 Å². The minimum Gasteiger partial charge on any atom is -0.495 e. The normalized spacial score (nSPS) is 10.7. The number of rotatable bonds is 6. The molecule has 0 fully saturated rings. The zero-order chi connectivity index (χ0) is 18.4. The summed E-state index contributed by atoms with van der Waals surface area (Å²) in [7, 11) is 1.59. The Morgan fingerprint density at radius 1 is 1.27 bits per heavy atom. The minimum atomic E-state index is -0.408. The van der Waals surface area contributed by atoms with Gasteiger partial charge in [-0.25, -0.2) is 10.4 Å². The molecule has 3 rings (SSSR count). The van der Waals surface area contributed by atoms with Crippen LogP contribution in [0.25, 0.3) is 0 Å². The fraction of sp³-hybridized carbons (Fsp3) is 0.0588. The number of pyridine rings is 1. The van der Waals surface area contributed by atoms with E-state index in [2.05, 4.69) is 25.8 Å². The molecule has 3 aromatic rings. The first kappa shape index (κ1) is 17.8. The molecule has 0 saturated carbocycles. The molecule has 0 radical (unpaired) electrons. The van der Waals surface area contributed by atoms with Crippen molar-refractivity contribution in [2.24, 2.45) is 5.10 Å². The summed E-state index contributed by atoms with van der Waals surface area (Å²) in [6.45, 7) is 0. The van der Waals surface area contributed by atoms with Crippen LogP contribution >= 0.6 is 22.9 Å². The topological polar surface area (TPSA) is 88.5 Å². The highest BCUT2D eigenvalue weighted by Crippen LogP contribution is 2.31. The second kappa shape index (κ2) is 8.41. The molecule has 1 aromatic carbocycles. The Balaban J connectivity index is 1.67. The number of amides is 1. The third-order valence-corrected chi connectivity index (χ3v) is 4.51. The van der Waals surface area contributed by atoms with Crippen LogP contribution in [0.4, 0.5) is 10.8 Å². The molecule has 9 heteroatoms. The van der Waals surface area contributed by atoms with Gasteiger partial charge in [0.05, 0.1) is 23.9 Å². The number of hydrazone groups is 1. The van der Waals surface area contributed by atoms with Gasteiger partial charge < -0.3 is 10.1 Å². The molecule has 26 heavy (non-hydrogen) atoms. The third-order valence-electron chi connectivity index (χ3n) is 3.20. The van der Waals surface area contributed by atoms with E-state index >= 15 is 0 Å². The zero-order valence-corrected chi connectivity index (χ0v) is 15.2. The SMILES string of the molecule is COc1ccccc1Nc1nc(Cl)c(/C=N/NC(=O)c2ccccn2)s1. The van der Waals surface area contributed by atoms with Gasteiger partial charge in [0.15, 0.2) is 10.3 Å². The number of nitrogens with zero attached hydrogens (tertiary/aromatic N) is 3. The van der Waals surface area contributed by atoms with Gasteiger partial charge in [0, 0.05) is 6.20 Å². The van der Waals surface area contributed by atoms with Gasteiger partial charge in [-0.15, -0.1) is 0 Å². The molecule has 0 bridgehead atoms. The molecule has 2 aromatic heterocycles. The number of hydrogen-bond acceptors (Lipinski definition) is 7. The smallest absolute Gasteiger partial charge is 0.289 e. The molecule has 0 aliphatic rings. The first-order valence-corrected chi connectivity index (χ1v) is 8.67. The zero-order valence-electron chi connectivity index (χ0n) is 13.6. The van der Waals surface area contributed by atoms with E-state index in [1.807, 2.05) is 24.3 Å². The summed E-state index contributed by atoms with van der Waals surface area (Å²) in [6.07, 6.45) is 2.97. The van der Waals surface area contributed by atoms with E-state index < -0.39 is 5.91 Å². The van der Waals surface area contributed by atoms with E-state index in [0.29, 0.717) is 15.8 Å². The third kappa shape index (κ3) is 4.35. The van der Waals surface area contributed by atoms with Gasteiger partial charge in [-0.3, -0.25) is 9.78 Å². The highest BCUT2D eigenvalue weighted by Gasteiger charge is 2.10. The second-order valence-electron chi connectivity index (χ2n) is 4.91. The Bertz CT molecular complexity index is 930. The molecular weight excluding hydrogens is 374 g/mol. The molecule has 0 atom stereocenters. The number of ether oxygens (including phenoxy) is 1. The van der Waals surface area contributed by atoms with Gasteiger partial charge in [0.2, 0.25) is 0 Å². The maximum atomic E-state index is 11.9. The molecule has 1 amide bonds. The number of para-hydroxylation sites is 2. The lowest BCUT2D eigenvalue weighted by molar-refractivity contribution is 0.0950. The number of benzene rings is 1. The Labute approximate surface area is 158 Å². The number of carbonyl (C=O) groups excluding carboxylic acids is 1. The molecule has 0 unspecified atom stereocenters. The summed E-state index contributed by atoms with van der Waals surface area (Å²) >= 11 is 7.42. The van der Waals surface area contributed by atoms with Crippen molar-refractivity contribution in [3.8, 4) is 5.75 Å². The molecular formula is C17H14ClN5O2S. The van der Waals surface area contributed by atoms with Crippen molar-refractivity contribution in [2.45, 2.75) is 0 Å². The van der Waals surface area contributed by atoms with Crippen LogP contribution in [0.15, 0.2) is 53.8 Å². The molecule has 2 N–H and O–H groups in total. The lowest BCUT2D eigenvalue weighted by atomic mass is 10.3. The monoisotopic (exact) mass is 387 g/mol. The highest BCUT2D eigenvalue weighted by atomic mass is 35.5. The van der Waals surface area contributed by atoms with E-state index in [0.717, 1.165) is 5.69 Å². The first-order chi connectivity index (χ1) is 12.7. The number of anilines is 2. The summed E-state index contributed by atoms with van der Waals surface area (Å²) in [5.41, 5.74) is 3.45. The van der Waals surface area contributed by atoms with Crippen LogP contribution in [-0.4, -0.2) is 29.2 Å². The van der Waals surface area contributed by atoms with Gasteiger partial charge in [0.25, 0.3) is 5.91 Å². The fourth-order valence-electron chi connectivity index (χ4n) is 2.01. The predicted octanol–water partition coefficient (Wildman–Crippen LogP) is 3.71. The van der Waals surface area contributed by atoms with Crippen molar-refractivity contribution in [1.82, 2.24) is 15.4 Å². The average Bonchev–Trinajstić information content (AvgIpc) is 3.02. The predicted molar refractivity (Wildman–Crippen MR) is 103 cm³/mol. The van der Waals surface area contributed by atoms with E-state index in [1.165, 1.54) is 23.7 Å². The maximum Gasteiger partial charge on any atom is 0.289 e. The Morgan fingerprint density at radius 2 is 2.08 bits per heavy atom. The average molecular weight is 388 g/mol. The molecule has 0 spiro atoms. The van der Waals surface area contributed by atoms with Gasteiger partial charge >= 0.3 is 0 Å². The van der Waals surface area contributed by atoms with Gasteiger partial charge in [0.1, 0.15) is 11.4 Å². The summed E-state index contributed by atoms with van der Waals surface area (Å²) in [5.74, 6) is 0.284. The van der Waals surface area contributed by atoms with E-state index in [-0.39, 0.29) is 10.8 Å². The van der Waals surface area contributed by atoms with Crippen LogP contribution in [0.2, 0.25) is 5.15 Å². The van der Waals surface area contributed by atoms with Gasteiger partial charge in [-0.1, -0.05) is 41.1 Å². The van der Waals surface area contributed by atoms with Gasteiger partial charge in [-0.2, -0.15) is 5.10 Å². The van der Waals surface area contributed by atoms with Crippen molar-refractivity contribution in [3.05, 3.63) is 64.4 Å². The summed E-state index contributed by atoms with van der Waals surface area (Å²) in [5, 5.41) is 7.91. The van der Waals surface area contributed by atoms with Crippen LogP contribution < -0.4 is 15.5 Å². The van der Waals surface area contributed by atoms with Crippen LogP contribution in [-0.2, 0) is 0 Å². The van der Waals surface area contributed by atoms with Crippen molar-refractivity contribution >= 4 is 45.9 Å². The Hall–Kier alpha value is -2.97. The maximum absolute atomic E-state index is 11.9. The van der Waals surface area contributed by atoms with E-state index in [1.54, 1.807) is 25.3 Å². The molecule has 0 saturated heterocycles. The number of halogens is 1. The summed E-state index contributed by atoms with van der Waals surface area (Å²) < 4.78 is 5.29. The van der Waals surface area contributed by atoms with Crippen LogP contribution in [0, 0.1) is 0 Å². The first-order valence-electron chi connectivity index (χ1n) is 7.48. The number of methoxy groups -OCH3 is 1. The Morgan fingerprint density at radius 3 is 2.85 bits per heavy atom. The number of thiazole rings is 1. The molecule has 132 valence electrons. The summed E-state index contributed by atoms with van der Waals surface area (Å²) in [6, 6.07) is 12.5. The molecule has 0 aliphatic carbocycles. The molecule has 2 heterocycles. The van der Waals surface area contributed by atoms with Crippen molar-refractivity contribution in [3.63, 3.8) is 0 Å². The largest absolute Gasteiger partial charge is 0.495 e. The number of carbonyl (C=O) groups is 1. The van der Waals surface area contributed by atoms with Crippen molar-refractivity contribution in [1.29, 1.82) is 0 Å². The lowest BCUT2D eigenvalue weighted by Crippen LogP contribution is -2.18. The standard InChI is InChI=1S/C17H14ClN5O2S/c1-25-13-8-3-2-6-11(13)21-17-22-15(18)14(26-17)10-20-23-16(24)12-7-4-5-9-19-12/h2-10H,1H3,(H,21,22)(H,23,24)/b20-10+. The fourth-order valence-corrected chi connectivity index (χ4v) is 3.05. The number of hydrogen-bond donors (Lipinski definition) is 2. The lowest BCUT2D eigenvalue weighted by Gasteiger charge is -2.07. The van der Waals surface area contributed by atoms with E-state index in [4.69, 9.17) is 16.3 Å².